The highest BCUT2D eigenvalue weighted by atomic mass is 35.5. The summed E-state index contributed by atoms with van der Waals surface area (Å²) < 4.78 is 55.6. The molecule has 5 rings (SSSR count). The van der Waals surface area contributed by atoms with Crippen molar-refractivity contribution >= 4 is 21.4 Å². The predicted octanol–water partition coefficient (Wildman–Crippen LogP) is 4.37. The van der Waals surface area contributed by atoms with E-state index in [9.17, 15) is 12.8 Å². The van der Waals surface area contributed by atoms with Crippen LogP contribution in [0.4, 0.5) is 4.39 Å². The van der Waals surface area contributed by atoms with Crippen LogP contribution in [0.2, 0.25) is 5.02 Å². The molecular formula is C26H26ClFN6O4S. The molecule has 0 saturated carbocycles. The highest BCUT2D eigenvalue weighted by Crippen LogP contribution is 2.38. The van der Waals surface area contributed by atoms with Gasteiger partial charge in [0.25, 0.3) is 0 Å². The van der Waals surface area contributed by atoms with Gasteiger partial charge in [-0.1, -0.05) is 17.7 Å². The van der Waals surface area contributed by atoms with E-state index in [0.717, 1.165) is 5.56 Å². The van der Waals surface area contributed by atoms with Crippen molar-refractivity contribution in [1.29, 1.82) is 0 Å². The first-order valence-electron chi connectivity index (χ1n) is 12.2. The van der Waals surface area contributed by atoms with Gasteiger partial charge in [-0.05, 0) is 50.6 Å². The lowest BCUT2D eigenvalue weighted by Crippen LogP contribution is -2.32. The summed E-state index contributed by atoms with van der Waals surface area (Å²) in [4.78, 5) is 12.6. The Morgan fingerprint density at radius 1 is 1.15 bits per heavy atom. The van der Waals surface area contributed by atoms with Crippen molar-refractivity contribution in [3.8, 4) is 17.1 Å². The van der Waals surface area contributed by atoms with Crippen LogP contribution in [0, 0.1) is 5.82 Å². The zero-order chi connectivity index (χ0) is 27.7. The van der Waals surface area contributed by atoms with Gasteiger partial charge in [-0.15, -0.1) is 10.2 Å². The second kappa shape index (κ2) is 10.9. The van der Waals surface area contributed by atoms with E-state index in [1.807, 2.05) is 6.07 Å². The third kappa shape index (κ3) is 5.63. The van der Waals surface area contributed by atoms with E-state index in [-0.39, 0.29) is 24.4 Å². The van der Waals surface area contributed by atoms with Crippen LogP contribution in [0.3, 0.4) is 0 Å². The van der Waals surface area contributed by atoms with Gasteiger partial charge in [0, 0.05) is 24.8 Å². The fourth-order valence-corrected chi connectivity index (χ4v) is 5.92. The maximum Gasteiger partial charge on any atom is 0.168 e. The Hall–Kier alpha value is -3.48. The zero-order valence-electron chi connectivity index (χ0n) is 21.4. The van der Waals surface area contributed by atoms with E-state index in [1.54, 1.807) is 43.8 Å². The van der Waals surface area contributed by atoms with E-state index in [4.69, 9.17) is 21.1 Å². The van der Waals surface area contributed by atoms with E-state index < -0.39 is 38.8 Å². The summed E-state index contributed by atoms with van der Waals surface area (Å²) in [6.07, 6.45) is 4.85. The fraction of sp³-hybridized carbons (Fsp3) is 0.346. The van der Waals surface area contributed by atoms with Crippen molar-refractivity contribution in [3.05, 3.63) is 83.2 Å². The Kier molecular flexibility index (Phi) is 7.61. The molecule has 3 aromatic heterocycles. The quantitative estimate of drug-likeness (QED) is 0.303. The van der Waals surface area contributed by atoms with Crippen molar-refractivity contribution in [3.63, 3.8) is 0 Å². The highest BCUT2D eigenvalue weighted by molar-refractivity contribution is 7.91. The van der Waals surface area contributed by atoms with Crippen molar-refractivity contribution < 1.29 is 22.3 Å². The van der Waals surface area contributed by atoms with Crippen LogP contribution in [0.15, 0.2) is 55.1 Å². The fourth-order valence-electron chi connectivity index (χ4n) is 4.44. The number of hydrogen-bond acceptors (Lipinski definition) is 9. The first kappa shape index (κ1) is 27.1. The van der Waals surface area contributed by atoms with Gasteiger partial charge < -0.3 is 9.47 Å². The Morgan fingerprint density at radius 3 is 2.62 bits per heavy atom. The number of benzene rings is 1. The minimum atomic E-state index is -3.91. The Labute approximate surface area is 230 Å². The molecule has 0 N–H and O–H groups in total. The van der Waals surface area contributed by atoms with Gasteiger partial charge in [0.1, 0.15) is 35.9 Å². The molecule has 0 unspecified atom stereocenters. The Balaban J connectivity index is 1.56. The first-order valence-corrected chi connectivity index (χ1v) is 14.3. The molecule has 13 heteroatoms. The Bertz CT molecular complexity index is 1570. The van der Waals surface area contributed by atoms with Crippen LogP contribution in [0.25, 0.3) is 11.4 Å². The minimum absolute atomic E-state index is 0.135. The van der Waals surface area contributed by atoms with Gasteiger partial charge in [-0.3, -0.25) is 9.55 Å². The molecule has 39 heavy (non-hydrogen) atoms. The zero-order valence-corrected chi connectivity index (χ0v) is 23.0. The lowest BCUT2D eigenvalue weighted by atomic mass is 10.1. The number of sulfone groups is 1. The van der Waals surface area contributed by atoms with Crippen LogP contribution in [0.1, 0.15) is 50.1 Å². The third-order valence-electron chi connectivity index (χ3n) is 6.36. The second-order valence-corrected chi connectivity index (χ2v) is 12.2. The highest BCUT2D eigenvalue weighted by Gasteiger charge is 2.37. The lowest BCUT2D eigenvalue weighted by molar-refractivity contribution is 0.00142. The van der Waals surface area contributed by atoms with Crippen molar-refractivity contribution in [2.24, 2.45) is 0 Å². The van der Waals surface area contributed by atoms with Gasteiger partial charge in [0.15, 0.2) is 21.5 Å². The molecule has 10 nitrogen and oxygen atoms in total. The largest absolute Gasteiger partial charge is 0.490 e. The lowest BCUT2D eigenvalue weighted by Gasteiger charge is -2.25. The number of pyridine rings is 1. The van der Waals surface area contributed by atoms with Gasteiger partial charge in [0.05, 0.1) is 28.0 Å². The molecule has 0 radical (unpaired) electrons. The number of aromatic nitrogens is 6. The molecule has 0 amide bonds. The van der Waals surface area contributed by atoms with Crippen molar-refractivity contribution in [2.75, 3.05) is 6.61 Å². The molecule has 4 aromatic rings. The standard InChI is InChI=1S/C26H26ClFN6O4S/c1-15(2)38-24(25-30-11-18(27)12-31-25)16(3)39(35,36)14-23-32-33-26-20-9-19(28)6-7-22(20)37-13-21(34(23)26)17-5-4-8-29-10-17/h4-12,15-16,21,24H,13-14H2,1-3H3/t16-,21-,24+/m0/s1. The molecule has 0 saturated heterocycles. The van der Waals surface area contributed by atoms with E-state index in [2.05, 4.69) is 25.1 Å². The molecule has 0 fully saturated rings. The molecule has 0 bridgehead atoms. The predicted molar refractivity (Wildman–Crippen MR) is 141 cm³/mol. The van der Waals surface area contributed by atoms with Crippen LogP contribution in [0.5, 0.6) is 5.75 Å². The SMILES string of the molecule is CC(C)O[C@@H](c1ncc(Cl)cn1)[C@H](C)S(=O)(=O)Cc1nnc2n1[C@H](c1cccnc1)COc1ccc(F)cc1-2. The molecule has 0 spiro atoms. The van der Waals surface area contributed by atoms with Crippen LogP contribution < -0.4 is 4.74 Å². The summed E-state index contributed by atoms with van der Waals surface area (Å²) in [6, 6.07) is 7.23. The number of halogens is 2. The number of hydrogen-bond donors (Lipinski definition) is 0. The van der Waals surface area contributed by atoms with Gasteiger partial charge >= 0.3 is 0 Å². The van der Waals surface area contributed by atoms with Crippen molar-refractivity contribution in [2.45, 2.75) is 50.0 Å². The normalized spacial score (nSPS) is 16.6. The van der Waals surface area contributed by atoms with Gasteiger partial charge in [-0.2, -0.15) is 0 Å². The van der Waals surface area contributed by atoms with Gasteiger partial charge in [-0.25, -0.2) is 22.8 Å². The monoisotopic (exact) mass is 572 g/mol. The summed E-state index contributed by atoms with van der Waals surface area (Å²) in [6.45, 7) is 5.29. The van der Waals surface area contributed by atoms with E-state index in [0.29, 0.717) is 22.2 Å². The summed E-state index contributed by atoms with van der Waals surface area (Å²) in [7, 11) is -3.91. The number of rotatable bonds is 8. The summed E-state index contributed by atoms with van der Waals surface area (Å²) in [5.74, 6) is 0.149. The topological polar surface area (TPSA) is 122 Å². The van der Waals surface area contributed by atoms with Crippen molar-refractivity contribution in [1.82, 2.24) is 29.7 Å². The number of fused-ring (bicyclic) bond motifs is 3. The maximum absolute atomic E-state index is 14.3. The smallest absolute Gasteiger partial charge is 0.168 e. The molecular weight excluding hydrogens is 547 g/mol. The van der Waals surface area contributed by atoms with Crippen LogP contribution in [-0.4, -0.2) is 56.1 Å². The molecule has 1 aliphatic rings. The molecule has 4 heterocycles. The van der Waals surface area contributed by atoms with Crippen LogP contribution in [-0.2, 0) is 20.3 Å². The minimum Gasteiger partial charge on any atom is -0.490 e. The molecule has 0 aliphatic carbocycles. The summed E-state index contributed by atoms with van der Waals surface area (Å²) in [5.41, 5.74) is 1.13. The molecule has 1 aliphatic heterocycles. The summed E-state index contributed by atoms with van der Waals surface area (Å²) in [5, 5.41) is 7.83. The molecule has 3 atom stereocenters. The second-order valence-electron chi connectivity index (χ2n) is 9.44. The maximum atomic E-state index is 14.3. The first-order chi connectivity index (χ1) is 18.6. The number of ether oxygens (including phenoxy) is 2. The average molecular weight is 573 g/mol. The van der Waals surface area contributed by atoms with Crippen LogP contribution >= 0.6 is 11.6 Å². The van der Waals surface area contributed by atoms with E-state index >= 15 is 0 Å². The average Bonchev–Trinajstić information content (AvgIpc) is 3.23. The Morgan fingerprint density at radius 2 is 1.92 bits per heavy atom. The van der Waals surface area contributed by atoms with Gasteiger partial charge in [0.2, 0.25) is 0 Å². The number of nitrogens with zero attached hydrogens (tertiary/aromatic N) is 6. The summed E-state index contributed by atoms with van der Waals surface area (Å²) >= 11 is 5.94. The van der Waals surface area contributed by atoms with E-state index in [1.165, 1.54) is 30.6 Å². The molecule has 204 valence electrons. The molecule has 1 aromatic carbocycles. The third-order valence-corrected chi connectivity index (χ3v) is 8.60.